The van der Waals surface area contributed by atoms with E-state index in [9.17, 15) is 4.79 Å². The third-order valence-electron chi connectivity index (χ3n) is 7.24. The van der Waals surface area contributed by atoms with Gasteiger partial charge in [-0.1, -0.05) is 6.07 Å². The average molecular weight is 494 g/mol. The van der Waals surface area contributed by atoms with Crippen molar-refractivity contribution in [1.82, 2.24) is 19.8 Å². The van der Waals surface area contributed by atoms with Crippen LogP contribution in [0.5, 0.6) is 5.75 Å². The molecule has 184 valence electrons. The van der Waals surface area contributed by atoms with Crippen LogP contribution in [0, 0.1) is 0 Å². The van der Waals surface area contributed by atoms with Crippen LogP contribution in [0.25, 0.3) is 10.2 Å². The number of piperazine rings is 1. The van der Waals surface area contributed by atoms with Crippen molar-refractivity contribution < 1.29 is 14.3 Å². The van der Waals surface area contributed by atoms with E-state index in [0.717, 1.165) is 75.3 Å². The number of morpholine rings is 1. The molecule has 8 nitrogen and oxygen atoms in total. The van der Waals surface area contributed by atoms with Crippen LogP contribution in [0.2, 0.25) is 0 Å². The fourth-order valence-corrected chi connectivity index (χ4v) is 6.61. The molecule has 1 aliphatic carbocycles. The van der Waals surface area contributed by atoms with E-state index in [2.05, 4.69) is 9.80 Å². The number of anilines is 1. The molecule has 3 aromatic rings. The molecule has 0 bridgehead atoms. The lowest BCUT2D eigenvalue weighted by molar-refractivity contribution is 0.0331. The van der Waals surface area contributed by atoms with Gasteiger partial charge >= 0.3 is 0 Å². The first-order chi connectivity index (χ1) is 17.2. The highest BCUT2D eigenvalue weighted by Gasteiger charge is 2.29. The number of methoxy groups -OCH3 is 1. The number of nitrogens with zero attached hydrogens (tertiary/aromatic N) is 5. The van der Waals surface area contributed by atoms with E-state index in [1.165, 1.54) is 22.2 Å². The molecule has 2 aromatic heterocycles. The van der Waals surface area contributed by atoms with Gasteiger partial charge in [0.1, 0.15) is 22.2 Å². The number of thiophene rings is 1. The average Bonchev–Trinajstić information content (AvgIpc) is 3.50. The molecular weight excluding hydrogens is 462 g/mol. The summed E-state index contributed by atoms with van der Waals surface area (Å²) in [6, 6.07) is 7.41. The van der Waals surface area contributed by atoms with Crippen molar-refractivity contribution in [3.63, 3.8) is 0 Å². The fourth-order valence-electron chi connectivity index (χ4n) is 5.34. The zero-order chi connectivity index (χ0) is 23.8. The van der Waals surface area contributed by atoms with Crippen LogP contribution in [0.4, 0.5) is 5.82 Å². The van der Waals surface area contributed by atoms with Crippen LogP contribution >= 0.6 is 11.3 Å². The number of aryl methyl sites for hydroxylation is 2. The number of carbonyl (C=O) groups excluding carboxylic acids is 1. The van der Waals surface area contributed by atoms with E-state index in [-0.39, 0.29) is 5.91 Å². The Labute approximate surface area is 209 Å². The summed E-state index contributed by atoms with van der Waals surface area (Å²) in [7, 11) is 1.62. The molecule has 35 heavy (non-hydrogen) atoms. The number of amides is 1. The predicted molar refractivity (Wildman–Crippen MR) is 137 cm³/mol. The molecule has 0 unspecified atom stereocenters. The SMILES string of the molecule is COc1cccc(C(=O)N2CCN(c3nc(CN4CCOCC4)nc4sc5c(c34)CCC5)CC2)c1. The summed E-state index contributed by atoms with van der Waals surface area (Å²) >= 11 is 1.85. The smallest absolute Gasteiger partial charge is 0.254 e. The number of hydrogen-bond donors (Lipinski definition) is 0. The van der Waals surface area contributed by atoms with Crippen molar-refractivity contribution in [1.29, 1.82) is 0 Å². The molecule has 2 fully saturated rings. The lowest BCUT2D eigenvalue weighted by Gasteiger charge is -2.36. The minimum absolute atomic E-state index is 0.0563. The summed E-state index contributed by atoms with van der Waals surface area (Å²) in [5.74, 6) is 2.72. The Morgan fingerprint density at radius 1 is 1.09 bits per heavy atom. The molecule has 0 spiro atoms. The summed E-state index contributed by atoms with van der Waals surface area (Å²) in [5.41, 5.74) is 2.12. The lowest BCUT2D eigenvalue weighted by atomic mass is 10.1. The van der Waals surface area contributed by atoms with Gasteiger partial charge in [0.2, 0.25) is 0 Å². The van der Waals surface area contributed by atoms with E-state index < -0.39 is 0 Å². The molecule has 2 saturated heterocycles. The van der Waals surface area contributed by atoms with Crippen molar-refractivity contribution in [2.75, 3.05) is 64.5 Å². The number of rotatable bonds is 5. The molecule has 4 heterocycles. The Morgan fingerprint density at radius 3 is 2.71 bits per heavy atom. The molecule has 0 atom stereocenters. The van der Waals surface area contributed by atoms with E-state index in [1.807, 2.05) is 40.5 Å². The summed E-state index contributed by atoms with van der Waals surface area (Å²) in [6.45, 7) is 7.01. The summed E-state index contributed by atoms with van der Waals surface area (Å²) in [5, 5.41) is 1.25. The van der Waals surface area contributed by atoms with Gasteiger partial charge in [-0.15, -0.1) is 11.3 Å². The molecule has 9 heteroatoms. The molecule has 3 aliphatic rings. The Morgan fingerprint density at radius 2 is 1.91 bits per heavy atom. The van der Waals surface area contributed by atoms with Gasteiger partial charge in [-0.2, -0.15) is 0 Å². The highest BCUT2D eigenvalue weighted by Crippen LogP contribution is 2.41. The van der Waals surface area contributed by atoms with Gasteiger partial charge in [0.15, 0.2) is 0 Å². The van der Waals surface area contributed by atoms with Gasteiger partial charge in [0, 0.05) is 49.7 Å². The number of ether oxygens (including phenoxy) is 2. The third kappa shape index (κ3) is 4.48. The first-order valence-electron chi connectivity index (χ1n) is 12.5. The molecule has 2 aliphatic heterocycles. The van der Waals surface area contributed by atoms with Crippen LogP contribution < -0.4 is 9.64 Å². The number of hydrogen-bond acceptors (Lipinski definition) is 8. The molecule has 1 aromatic carbocycles. The molecule has 1 amide bonds. The van der Waals surface area contributed by atoms with E-state index >= 15 is 0 Å². The number of benzene rings is 1. The van der Waals surface area contributed by atoms with Gasteiger partial charge in [-0.3, -0.25) is 9.69 Å². The summed E-state index contributed by atoms with van der Waals surface area (Å²) in [6.07, 6.45) is 3.48. The van der Waals surface area contributed by atoms with Gasteiger partial charge in [-0.05, 0) is 43.0 Å². The standard InChI is InChI=1S/C26H31N5O3S/c1-33-19-5-2-4-18(16-19)26(32)31-10-8-30(9-11-31)24-23-20-6-3-7-21(20)35-25(23)28-22(27-24)17-29-12-14-34-15-13-29/h2,4-5,16H,3,6-15,17H2,1H3. The van der Waals surface area contributed by atoms with E-state index in [4.69, 9.17) is 19.4 Å². The Kier molecular flexibility index (Phi) is 6.30. The van der Waals surface area contributed by atoms with E-state index in [0.29, 0.717) is 24.4 Å². The van der Waals surface area contributed by atoms with Crippen molar-refractivity contribution in [2.24, 2.45) is 0 Å². The van der Waals surface area contributed by atoms with Crippen LogP contribution in [0.1, 0.15) is 33.0 Å². The maximum atomic E-state index is 13.1. The van der Waals surface area contributed by atoms with Crippen LogP contribution in [0.15, 0.2) is 24.3 Å². The monoisotopic (exact) mass is 493 g/mol. The minimum Gasteiger partial charge on any atom is -0.497 e. The maximum Gasteiger partial charge on any atom is 0.254 e. The molecule has 0 radical (unpaired) electrons. The third-order valence-corrected chi connectivity index (χ3v) is 8.43. The first-order valence-corrected chi connectivity index (χ1v) is 13.3. The van der Waals surface area contributed by atoms with E-state index in [1.54, 1.807) is 7.11 Å². The normalized spacial score (nSPS) is 18.8. The fraction of sp³-hybridized carbons (Fsp3) is 0.500. The van der Waals surface area contributed by atoms with Crippen LogP contribution in [0.3, 0.4) is 0 Å². The van der Waals surface area contributed by atoms with Crippen molar-refractivity contribution in [3.05, 3.63) is 46.1 Å². The second-order valence-electron chi connectivity index (χ2n) is 9.40. The van der Waals surface area contributed by atoms with Crippen molar-refractivity contribution in [2.45, 2.75) is 25.8 Å². The Balaban J connectivity index is 1.25. The molecule has 6 rings (SSSR count). The van der Waals surface area contributed by atoms with Gasteiger partial charge < -0.3 is 19.3 Å². The Hall–Kier alpha value is -2.75. The van der Waals surface area contributed by atoms with Gasteiger partial charge in [0.25, 0.3) is 5.91 Å². The Bertz CT molecular complexity index is 1230. The zero-order valence-corrected chi connectivity index (χ0v) is 21.0. The topological polar surface area (TPSA) is 71.0 Å². The highest BCUT2D eigenvalue weighted by atomic mass is 32.1. The van der Waals surface area contributed by atoms with Gasteiger partial charge in [-0.25, -0.2) is 9.97 Å². The zero-order valence-electron chi connectivity index (χ0n) is 20.2. The second kappa shape index (κ2) is 9.72. The number of fused-ring (bicyclic) bond motifs is 3. The summed E-state index contributed by atoms with van der Waals surface area (Å²) < 4.78 is 10.8. The van der Waals surface area contributed by atoms with Crippen LogP contribution in [-0.2, 0) is 24.1 Å². The summed E-state index contributed by atoms with van der Waals surface area (Å²) in [4.78, 5) is 32.6. The number of aromatic nitrogens is 2. The first kappa shape index (κ1) is 22.7. The molecule has 0 saturated carbocycles. The predicted octanol–water partition coefficient (Wildman–Crippen LogP) is 2.98. The largest absolute Gasteiger partial charge is 0.497 e. The highest BCUT2D eigenvalue weighted by molar-refractivity contribution is 7.19. The lowest BCUT2D eigenvalue weighted by Crippen LogP contribution is -2.49. The van der Waals surface area contributed by atoms with Crippen molar-refractivity contribution in [3.8, 4) is 5.75 Å². The van der Waals surface area contributed by atoms with Crippen LogP contribution in [-0.4, -0.2) is 85.3 Å². The molecular formula is C26H31N5O3S. The van der Waals surface area contributed by atoms with Crippen molar-refractivity contribution >= 4 is 33.3 Å². The number of carbonyl (C=O) groups is 1. The quantitative estimate of drug-likeness (QED) is 0.541. The second-order valence-corrected chi connectivity index (χ2v) is 10.5. The van der Waals surface area contributed by atoms with Gasteiger partial charge in [0.05, 0.1) is 32.3 Å². The minimum atomic E-state index is 0.0563. The maximum absolute atomic E-state index is 13.1. The molecule has 0 N–H and O–H groups in total.